The van der Waals surface area contributed by atoms with Gasteiger partial charge in [-0.1, -0.05) is 11.6 Å². The third-order valence-electron chi connectivity index (χ3n) is 5.25. The molecule has 1 atom stereocenters. The van der Waals surface area contributed by atoms with E-state index in [2.05, 4.69) is 4.98 Å². The van der Waals surface area contributed by atoms with Crippen LogP contribution in [0.15, 0.2) is 34.0 Å². The highest BCUT2D eigenvalue weighted by Crippen LogP contribution is 2.34. The van der Waals surface area contributed by atoms with Crippen molar-refractivity contribution in [1.29, 1.82) is 0 Å². The molecule has 0 amide bonds. The zero-order valence-corrected chi connectivity index (χ0v) is 19.5. The van der Waals surface area contributed by atoms with Crippen LogP contribution in [0.5, 0.6) is 0 Å². The fourth-order valence-corrected chi connectivity index (χ4v) is 4.64. The summed E-state index contributed by atoms with van der Waals surface area (Å²) >= 11 is 6.99. The van der Waals surface area contributed by atoms with Crippen molar-refractivity contribution in [2.75, 3.05) is 13.2 Å². The number of ether oxygens (including phenoxy) is 2. The number of thiazole rings is 1. The second kappa shape index (κ2) is 9.55. The minimum absolute atomic E-state index is 0.0556. The van der Waals surface area contributed by atoms with E-state index in [-0.39, 0.29) is 48.4 Å². The summed E-state index contributed by atoms with van der Waals surface area (Å²) in [5, 5.41) is -0.0197. The molecule has 186 valence electrons. The van der Waals surface area contributed by atoms with E-state index >= 15 is 0 Å². The number of rotatable bonds is 5. The smallest absolute Gasteiger partial charge is 0.431 e. The van der Waals surface area contributed by atoms with E-state index in [0.717, 1.165) is 43.4 Å². The molecule has 1 aromatic carbocycles. The van der Waals surface area contributed by atoms with Crippen molar-refractivity contribution in [2.45, 2.75) is 25.1 Å². The van der Waals surface area contributed by atoms with Gasteiger partial charge < -0.3 is 9.47 Å². The van der Waals surface area contributed by atoms with E-state index in [0.29, 0.717) is 6.61 Å². The summed E-state index contributed by atoms with van der Waals surface area (Å²) in [4.78, 5) is 41.5. The number of carbonyl (C=O) groups is 1. The lowest BCUT2D eigenvalue weighted by atomic mass is 10.2. The molecule has 35 heavy (non-hydrogen) atoms. The third kappa shape index (κ3) is 5.02. The summed E-state index contributed by atoms with van der Waals surface area (Å²) in [6.07, 6.45) is -2.27. The highest BCUT2D eigenvalue weighted by molar-refractivity contribution is 7.16. The van der Waals surface area contributed by atoms with E-state index in [1.807, 2.05) is 0 Å². The van der Waals surface area contributed by atoms with Crippen LogP contribution in [0.2, 0.25) is 5.02 Å². The number of alkyl halides is 3. The van der Waals surface area contributed by atoms with Gasteiger partial charge in [0.2, 0.25) is 0 Å². The fourth-order valence-electron chi connectivity index (χ4n) is 3.50. The molecule has 0 spiro atoms. The van der Waals surface area contributed by atoms with Gasteiger partial charge in [-0.05, 0) is 25.0 Å². The number of hydrogen-bond acceptors (Lipinski definition) is 7. The molecule has 4 rings (SSSR count). The summed E-state index contributed by atoms with van der Waals surface area (Å²) in [5.41, 5.74) is -4.84. The summed E-state index contributed by atoms with van der Waals surface area (Å²) in [7, 11) is 0.811. The predicted octanol–water partition coefficient (Wildman–Crippen LogP) is 3.81. The molecule has 0 radical (unpaired) electrons. The molecule has 1 saturated heterocycles. The topological polar surface area (TPSA) is 92.4 Å². The molecule has 2 aromatic heterocycles. The number of nitrogens with zero attached hydrogens (tertiary/aromatic N) is 3. The van der Waals surface area contributed by atoms with Gasteiger partial charge in [-0.15, -0.1) is 11.3 Å². The number of benzene rings is 1. The van der Waals surface area contributed by atoms with Gasteiger partial charge >= 0.3 is 17.8 Å². The molecule has 0 bridgehead atoms. The van der Waals surface area contributed by atoms with Crippen LogP contribution < -0.4 is 11.2 Å². The summed E-state index contributed by atoms with van der Waals surface area (Å²) in [6.45, 7) is 0.678. The maximum absolute atomic E-state index is 14.7. The molecule has 0 saturated carbocycles. The van der Waals surface area contributed by atoms with Crippen LogP contribution in [0.4, 0.5) is 17.6 Å². The Bertz CT molecular complexity index is 1410. The van der Waals surface area contributed by atoms with Crippen molar-refractivity contribution < 1.29 is 31.8 Å². The number of esters is 1. The molecule has 1 aliphatic rings. The largest absolute Gasteiger partial charge is 0.459 e. The molecule has 3 heterocycles. The second-order valence-corrected chi connectivity index (χ2v) is 9.03. The molecule has 3 aromatic rings. The zero-order valence-electron chi connectivity index (χ0n) is 17.9. The lowest BCUT2D eigenvalue weighted by Crippen LogP contribution is -2.41. The zero-order chi connectivity index (χ0) is 25.5. The Hall–Kier alpha value is -3.03. The van der Waals surface area contributed by atoms with Crippen LogP contribution in [0.3, 0.4) is 0 Å². The Morgan fingerprint density at radius 2 is 2.06 bits per heavy atom. The fraction of sp³-hybridized carbons (Fsp3) is 0.333. The van der Waals surface area contributed by atoms with Crippen LogP contribution in [0.1, 0.15) is 28.2 Å². The number of aromatic nitrogens is 3. The van der Waals surface area contributed by atoms with Crippen LogP contribution in [-0.4, -0.2) is 39.4 Å². The maximum Gasteiger partial charge on any atom is 0.431 e. The van der Waals surface area contributed by atoms with E-state index in [1.54, 1.807) is 0 Å². The van der Waals surface area contributed by atoms with Crippen molar-refractivity contribution >= 4 is 28.9 Å². The summed E-state index contributed by atoms with van der Waals surface area (Å²) in [5.74, 6) is -1.78. The predicted molar refractivity (Wildman–Crippen MR) is 118 cm³/mol. The van der Waals surface area contributed by atoms with Gasteiger partial charge in [-0.3, -0.25) is 9.36 Å². The Morgan fingerprint density at radius 3 is 2.71 bits per heavy atom. The van der Waals surface area contributed by atoms with Gasteiger partial charge in [0.15, 0.2) is 0 Å². The minimum Gasteiger partial charge on any atom is -0.459 e. The molecule has 14 heteroatoms. The average molecular weight is 534 g/mol. The molecule has 0 N–H and O–H groups in total. The first-order valence-electron chi connectivity index (χ1n) is 10.1. The normalized spacial score (nSPS) is 16.0. The van der Waals surface area contributed by atoms with Crippen molar-refractivity contribution in [1.82, 2.24) is 14.1 Å². The lowest BCUT2D eigenvalue weighted by molar-refractivity contribution is -0.144. The second-order valence-electron chi connectivity index (χ2n) is 7.59. The Labute approximate surface area is 203 Å². The SMILES string of the molecule is Cn1c(C(F)(F)F)cc(=O)n(-c2cc(-c3ncc(C(=O)OCC4CCCO4)s3)c(Cl)cc2F)c1=O. The van der Waals surface area contributed by atoms with Crippen LogP contribution >= 0.6 is 22.9 Å². The Morgan fingerprint density at radius 1 is 1.31 bits per heavy atom. The first kappa shape index (κ1) is 25.1. The standard InChI is InChI=1S/C21H16ClF4N3O5S/c1-28-16(21(24,25)26)7-17(30)29(20(28)32)14-5-11(12(22)6-13(14)23)18-27-8-15(35-18)19(31)34-9-10-3-2-4-33-10/h5-8,10H,2-4,9H2,1H3. The van der Waals surface area contributed by atoms with E-state index < -0.39 is 40.6 Å². The first-order chi connectivity index (χ1) is 16.5. The molecule has 1 fully saturated rings. The Balaban J connectivity index is 1.70. The van der Waals surface area contributed by atoms with E-state index in [9.17, 15) is 31.9 Å². The van der Waals surface area contributed by atoms with Crippen molar-refractivity contribution in [2.24, 2.45) is 7.05 Å². The van der Waals surface area contributed by atoms with Crippen LogP contribution in [-0.2, 0) is 22.7 Å². The van der Waals surface area contributed by atoms with Gasteiger partial charge in [0.05, 0.1) is 23.0 Å². The molecule has 8 nitrogen and oxygen atoms in total. The summed E-state index contributed by atoms with van der Waals surface area (Å²) in [6, 6.07) is 2.00. The van der Waals surface area contributed by atoms with Gasteiger partial charge in [-0.25, -0.2) is 23.5 Å². The quantitative estimate of drug-likeness (QED) is 0.366. The monoisotopic (exact) mass is 533 g/mol. The maximum atomic E-state index is 14.7. The van der Waals surface area contributed by atoms with Crippen molar-refractivity contribution in [3.8, 4) is 16.3 Å². The highest BCUT2D eigenvalue weighted by Gasteiger charge is 2.35. The van der Waals surface area contributed by atoms with Crippen LogP contribution in [0, 0.1) is 5.82 Å². The van der Waals surface area contributed by atoms with E-state index in [4.69, 9.17) is 21.1 Å². The number of carbonyl (C=O) groups excluding carboxylic acids is 1. The lowest BCUT2D eigenvalue weighted by Gasteiger charge is -2.15. The number of hydrogen-bond donors (Lipinski definition) is 0. The molecular formula is C21H16ClF4N3O5S. The molecule has 1 unspecified atom stereocenters. The summed E-state index contributed by atoms with van der Waals surface area (Å²) < 4.78 is 65.1. The first-order valence-corrected chi connectivity index (χ1v) is 11.3. The van der Waals surface area contributed by atoms with Gasteiger partial charge in [0.25, 0.3) is 5.56 Å². The van der Waals surface area contributed by atoms with Crippen molar-refractivity contribution in [3.05, 3.63) is 66.6 Å². The Kier molecular flexibility index (Phi) is 6.84. The molecule has 0 aliphatic carbocycles. The van der Waals surface area contributed by atoms with Gasteiger partial charge in [0.1, 0.15) is 28.0 Å². The van der Waals surface area contributed by atoms with Crippen molar-refractivity contribution in [3.63, 3.8) is 0 Å². The van der Waals surface area contributed by atoms with Gasteiger partial charge in [-0.2, -0.15) is 13.2 Å². The highest BCUT2D eigenvalue weighted by atomic mass is 35.5. The third-order valence-corrected chi connectivity index (χ3v) is 6.57. The molecular weight excluding hydrogens is 518 g/mol. The average Bonchev–Trinajstić information content (AvgIpc) is 3.47. The van der Waals surface area contributed by atoms with Gasteiger partial charge in [0, 0.05) is 25.3 Å². The molecule has 1 aliphatic heterocycles. The number of halogens is 5. The van der Waals surface area contributed by atoms with Crippen LogP contribution in [0.25, 0.3) is 16.3 Å². The minimum atomic E-state index is -4.97. The van der Waals surface area contributed by atoms with E-state index in [1.165, 1.54) is 6.20 Å².